The summed E-state index contributed by atoms with van der Waals surface area (Å²) in [5.41, 5.74) is 5.21. The first-order chi connectivity index (χ1) is 6.81. The maximum atomic E-state index is 12.0. The van der Waals surface area contributed by atoms with Crippen LogP contribution >= 0.6 is 0 Å². The first-order valence-corrected chi connectivity index (χ1v) is 3.92. The molecule has 1 aromatic rings. The Morgan fingerprint density at radius 3 is 2.67 bits per heavy atom. The second-order valence-corrected chi connectivity index (χ2v) is 2.98. The lowest BCUT2D eigenvalue weighted by molar-refractivity contribution is -0.138. The Morgan fingerprint density at radius 2 is 2.27 bits per heavy atom. The number of alkyl halides is 3. The summed E-state index contributed by atoms with van der Waals surface area (Å²) in [6.45, 7) is -1.33. The summed E-state index contributed by atoms with van der Waals surface area (Å²) in [5.74, 6) is -0.845. The predicted octanol–water partition coefficient (Wildman–Crippen LogP) is 0.626. The number of amides is 1. The number of nitrogens with one attached hydrogen (secondary N) is 1. The maximum Gasteiger partial charge on any atom is 0.406 e. The van der Waals surface area contributed by atoms with Crippen molar-refractivity contribution in [2.75, 3.05) is 19.3 Å². The van der Waals surface area contributed by atoms with Crippen molar-refractivity contribution in [3.8, 4) is 0 Å². The van der Waals surface area contributed by atoms with Crippen LogP contribution in [0.1, 0.15) is 10.5 Å². The van der Waals surface area contributed by atoms with E-state index in [9.17, 15) is 18.0 Å². The molecule has 0 aromatic carbocycles. The van der Waals surface area contributed by atoms with E-state index in [1.54, 1.807) is 0 Å². The number of nitrogens with zero attached hydrogens (tertiary/aromatic N) is 2. The minimum absolute atomic E-state index is 0.0222. The highest BCUT2D eigenvalue weighted by atomic mass is 19.4. The van der Waals surface area contributed by atoms with Crippen LogP contribution in [-0.4, -0.2) is 40.8 Å². The molecule has 0 atom stereocenters. The van der Waals surface area contributed by atoms with E-state index >= 15 is 0 Å². The normalized spacial score (nSPS) is 11.5. The highest BCUT2D eigenvalue weighted by Crippen LogP contribution is 2.17. The van der Waals surface area contributed by atoms with Gasteiger partial charge in [-0.1, -0.05) is 0 Å². The van der Waals surface area contributed by atoms with Crippen molar-refractivity contribution in [1.82, 2.24) is 15.1 Å². The average Bonchev–Trinajstić information content (AvgIpc) is 2.47. The average molecular weight is 222 g/mol. The van der Waals surface area contributed by atoms with Crippen LogP contribution in [-0.2, 0) is 0 Å². The van der Waals surface area contributed by atoms with Crippen molar-refractivity contribution in [1.29, 1.82) is 0 Å². The summed E-state index contributed by atoms with van der Waals surface area (Å²) >= 11 is 0. The highest BCUT2D eigenvalue weighted by molar-refractivity contribution is 5.96. The number of aromatic amines is 1. The third-order valence-electron chi connectivity index (χ3n) is 1.65. The molecule has 1 heterocycles. The molecule has 1 aromatic heterocycles. The van der Waals surface area contributed by atoms with Crippen LogP contribution in [0.15, 0.2) is 6.20 Å². The van der Waals surface area contributed by atoms with Gasteiger partial charge in [-0.2, -0.15) is 18.3 Å². The standard InChI is InChI=1S/C7H9F3N4O/c1-14(3-7(8,9)10)6(15)5-4(11)2-12-13-5/h2H,3,11H2,1H3,(H,12,13). The molecule has 0 aliphatic heterocycles. The number of hydrogen-bond acceptors (Lipinski definition) is 3. The summed E-state index contributed by atoms with van der Waals surface area (Å²) in [7, 11) is 1.04. The Kier molecular flexibility index (Phi) is 2.87. The number of hydrogen-bond donors (Lipinski definition) is 2. The largest absolute Gasteiger partial charge is 0.406 e. The Hall–Kier alpha value is -1.73. The molecule has 0 fully saturated rings. The summed E-state index contributed by atoms with van der Waals surface area (Å²) in [4.78, 5) is 11.9. The molecule has 0 bridgehead atoms. The van der Waals surface area contributed by atoms with Crippen LogP contribution in [0.25, 0.3) is 0 Å². The van der Waals surface area contributed by atoms with Gasteiger partial charge in [-0.15, -0.1) is 0 Å². The molecule has 0 spiro atoms. The first-order valence-electron chi connectivity index (χ1n) is 3.92. The lowest BCUT2D eigenvalue weighted by atomic mass is 10.3. The number of nitrogen functional groups attached to an aromatic ring is 1. The molecular formula is C7H9F3N4O. The zero-order valence-electron chi connectivity index (χ0n) is 7.80. The van der Waals surface area contributed by atoms with Gasteiger partial charge in [-0.3, -0.25) is 9.89 Å². The molecule has 84 valence electrons. The number of nitrogens with two attached hydrogens (primary N) is 1. The minimum Gasteiger partial charge on any atom is -0.396 e. The zero-order chi connectivity index (χ0) is 11.6. The molecule has 15 heavy (non-hydrogen) atoms. The monoisotopic (exact) mass is 222 g/mol. The van der Waals surface area contributed by atoms with Crippen molar-refractivity contribution in [2.45, 2.75) is 6.18 Å². The Labute approximate surface area is 83.0 Å². The van der Waals surface area contributed by atoms with Crippen LogP contribution in [0.2, 0.25) is 0 Å². The zero-order valence-corrected chi connectivity index (χ0v) is 7.80. The van der Waals surface area contributed by atoms with E-state index in [-0.39, 0.29) is 11.4 Å². The molecule has 0 saturated heterocycles. The molecule has 0 aliphatic rings. The van der Waals surface area contributed by atoms with Gasteiger partial charge < -0.3 is 10.6 Å². The van der Waals surface area contributed by atoms with Crippen LogP contribution < -0.4 is 5.73 Å². The third kappa shape index (κ3) is 2.86. The van der Waals surface area contributed by atoms with E-state index in [1.807, 2.05) is 0 Å². The molecule has 0 unspecified atom stereocenters. The number of carbonyl (C=O) groups is 1. The van der Waals surface area contributed by atoms with E-state index < -0.39 is 18.6 Å². The molecule has 0 aliphatic carbocycles. The van der Waals surface area contributed by atoms with Crippen LogP contribution in [0.3, 0.4) is 0 Å². The van der Waals surface area contributed by atoms with Crippen LogP contribution in [0.5, 0.6) is 0 Å². The molecular weight excluding hydrogens is 213 g/mol. The summed E-state index contributed by atoms with van der Waals surface area (Å²) in [6, 6.07) is 0. The van der Waals surface area contributed by atoms with Crippen LogP contribution in [0, 0.1) is 0 Å². The van der Waals surface area contributed by atoms with Gasteiger partial charge in [-0.25, -0.2) is 0 Å². The molecule has 3 N–H and O–H groups in total. The molecule has 5 nitrogen and oxygen atoms in total. The minimum atomic E-state index is -4.43. The summed E-state index contributed by atoms with van der Waals surface area (Å²) < 4.78 is 35.9. The number of aromatic nitrogens is 2. The van der Waals surface area contributed by atoms with Gasteiger partial charge in [0.05, 0.1) is 11.9 Å². The third-order valence-corrected chi connectivity index (χ3v) is 1.65. The second-order valence-electron chi connectivity index (χ2n) is 2.98. The number of halogens is 3. The predicted molar refractivity (Wildman–Crippen MR) is 46.0 cm³/mol. The number of rotatable bonds is 2. The Morgan fingerprint density at radius 1 is 1.67 bits per heavy atom. The van der Waals surface area contributed by atoms with Gasteiger partial charge in [0.1, 0.15) is 12.2 Å². The Balaban J connectivity index is 2.74. The van der Waals surface area contributed by atoms with Gasteiger partial charge in [0.2, 0.25) is 0 Å². The highest BCUT2D eigenvalue weighted by Gasteiger charge is 2.32. The fourth-order valence-electron chi connectivity index (χ4n) is 0.998. The molecule has 1 rings (SSSR count). The van der Waals surface area contributed by atoms with Gasteiger partial charge in [0.15, 0.2) is 0 Å². The van der Waals surface area contributed by atoms with Crippen molar-refractivity contribution >= 4 is 11.6 Å². The number of anilines is 1. The van der Waals surface area contributed by atoms with E-state index in [2.05, 4.69) is 10.2 Å². The Bertz CT molecular complexity index is 359. The molecule has 0 radical (unpaired) electrons. The van der Waals surface area contributed by atoms with E-state index in [1.165, 1.54) is 0 Å². The van der Waals surface area contributed by atoms with Gasteiger partial charge in [0.25, 0.3) is 5.91 Å². The second kappa shape index (κ2) is 3.79. The SMILES string of the molecule is CN(CC(F)(F)F)C(=O)c1[nH]ncc1N. The van der Waals surface area contributed by atoms with Crippen molar-refractivity contribution in [3.05, 3.63) is 11.9 Å². The molecule has 0 saturated carbocycles. The topological polar surface area (TPSA) is 75.0 Å². The van der Waals surface area contributed by atoms with Gasteiger partial charge in [-0.05, 0) is 0 Å². The van der Waals surface area contributed by atoms with E-state index in [0.29, 0.717) is 4.90 Å². The van der Waals surface area contributed by atoms with Crippen LogP contribution in [0.4, 0.5) is 18.9 Å². The van der Waals surface area contributed by atoms with E-state index in [4.69, 9.17) is 5.73 Å². The lowest BCUT2D eigenvalue weighted by Gasteiger charge is -2.18. The van der Waals surface area contributed by atoms with E-state index in [0.717, 1.165) is 13.2 Å². The number of H-pyrrole nitrogens is 1. The number of carbonyl (C=O) groups excluding carboxylic acids is 1. The maximum absolute atomic E-state index is 12.0. The first kappa shape index (κ1) is 11.3. The fraction of sp³-hybridized carbons (Fsp3) is 0.429. The molecule has 8 heteroatoms. The quantitative estimate of drug-likeness (QED) is 0.770. The van der Waals surface area contributed by atoms with Crippen molar-refractivity contribution in [3.63, 3.8) is 0 Å². The molecule has 1 amide bonds. The summed E-state index contributed by atoms with van der Waals surface area (Å²) in [5, 5.41) is 5.68. The lowest BCUT2D eigenvalue weighted by Crippen LogP contribution is -2.36. The van der Waals surface area contributed by atoms with Crippen molar-refractivity contribution < 1.29 is 18.0 Å². The van der Waals surface area contributed by atoms with Gasteiger partial charge in [0, 0.05) is 7.05 Å². The smallest absolute Gasteiger partial charge is 0.396 e. The summed E-state index contributed by atoms with van der Waals surface area (Å²) in [6.07, 6.45) is -3.27. The van der Waals surface area contributed by atoms with Gasteiger partial charge >= 0.3 is 6.18 Å². The van der Waals surface area contributed by atoms with Crippen molar-refractivity contribution in [2.24, 2.45) is 0 Å². The fourth-order valence-corrected chi connectivity index (χ4v) is 0.998.